The normalized spacial score (nSPS) is 9.88. The zero-order valence-corrected chi connectivity index (χ0v) is 9.54. The summed E-state index contributed by atoms with van der Waals surface area (Å²) in [6, 6.07) is 6.91. The number of nitrogens with one attached hydrogen (secondary N) is 2. The average Bonchev–Trinajstić information content (AvgIpc) is 2.26. The van der Waals surface area contributed by atoms with Crippen molar-refractivity contribution in [1.29, 1.82) is 0 Å². The van der Waals surface area contributed by atoms with E-state index in [2.05, 4.69) is 10.6 Å². The summed E-state index contributed by atoms with van der Waals surface area (Å²) in [7, 11) is 0. The highest BCUT2D eigenvalue weighted by molar-refractivity contribution is 5.97. The van der Waals surface area contributed by atoms with Crippen molar-refractivity contribution in [3.8, 4) is 0 Å². The molecule has 0 unspecified atom stereocenters. The lowest BCUT2D eigenvalue weighted by Crippen LogP contribution is -2.27. The summed E-state index contributed by atoms with van der Waals surface area (Å²) < 4.78 is 0. The Balaban J connectivity index is 2.63. The van der Waals surface area contributed by atoms with Gasteiger partial charge >= 0.3 is 0 Å². The molecule has 0 atom stereocenters. The summed E-state index contributed by atoms with van der Waals surface area (Å²) in [5.41, 5.74) is 1.25. The number of benzene rings is 1. The number of carbonyl (C=O) groups is 2. The highest BCUT2D eigenvalue weighted by Gasteiger charge is 2.03. The lowest BCUT2D eigenvalue weighted by Gasteiger charge is -2.06. The molecule has 0 aliphatic rings. The summed E-state index contributed by atoms with van der Waals surface area (Å²) >= 11 is 0. The number of hydrogen-bond acceptors (Lipinski definition) is 3. The van der Waals surface area contributed by atoms with E-state index in [0.717, 1.165) is 6.54 Å². The second-order valence-electron chi connectivity index (χ2n) is 3.47. The van der Waals surface area contributed by atoms with Gasteiger partial charge in [-0.05, 0) is 25.6 Å². The molecule has 1 aromatic rings. The van der Waals surface area contributed by atoms with E-state index >= 15 is 0 Å². The Morgan fingerprint density at radius 1 is 1.31 bits per heavy atom. The molecule has 0 aliphatic heterocycles. The van der Waals surface area contributed by atoms with Gasteiger partial charge in [-0.25, -0.2) is 0 Å². The van der Waals surface area contributed by atoms with Gasteiger partial charge in [0.1, 0.15) is 0 Å². The minimum absolute atomic E-state index is 0.0113. The topological polar surface area (TPSA) is 58.2 Å². The molecule has 4 nitrogen and oxygen atoms in total. The number of carbonyl (C=O) groups excluding carboxylic acids is 2. The molecule has 0 heterocycles. The molecule has 1 rings (SSSR count). The van der Waals surface area contributed by atoms with E-state index in [1.165, 1.54) is 6.92 Å². The number of anilines is 1. The van der Waals surface area contributed by atoms with Crippen molar-refractivity contribution in [1.82, 2.24) is 5.32 Å². The first-order chi connectivity index (χ1) is 7.63. The molecule has 0 radical (unpaired) electrons. The van der Waals surface area contributed by atoms with Crippen LogP contribution in [-0.2, 0) is 4.79 Å². The predicted molar refractivity (Wildman–Crippen MR) is 63.6 cm³/mol. The lowest BCUT2D eigenvalue weighted by molar-refractivity contribution is -0.115. The number of amides is 1. The van der Waals surface area contributed by atoms with Gasteiger partial charge in [0, 0.05) is 11.3 Å². The smallest absolute Gasteiger partial charge is 0.238 e. The zero-order chi connectivity index (χ0) is 12.0. The van der Waals surface area contributed by atoms with E-state index in [1.54, 1.807) is 24.3 Å². The largest absolute Gasteiger partial charge is 0.325 e. The Labute approximate surface area is 95.0 Å². The van der Waals surface area contributed by atoms with Gasteiger partial charge in [0.25, 0.3) is 0 Å². The third kappa shape index (κ3) is 3.82. The van der Waals surface area contributed by atoms with Crippen molar-refractivity contribution in [3.63, 3.8) is 0 Å². The third-order valence-electron chi connectivity index (χ3n) is 2.09. The Morgan fingerprint density at radius 3 is 2.69 bits per heavy atom. The molecule has 0 fully saturated rings. The summed E-state index contributed by atoms with van der Waals surface area (Å²) in [6.07, 6.45) is 0. The molecule has 0 aliphatic carbocycles. The van der Waals surface area contributed by atoms with Crippen molar-refractivity contribution >= 4 is 17.4 Å². The van der Waals surface area contributed by atoms with Gasteiger partial charge in [-0.3, -0.25) is 9.59 Å². The molecule has 0 saturated heterocycles. The monoisotopic (exact) mass is 220 g/mol. The van der Waals surface area contributed by atoms with Crippen molar-refractivity contribution < 1.29 is 9.59 Å². The highest BCUT2D eigenvalue weighted by atomic mass is 16.2. The quantitative estimate of drug-likeness (QED) is 0.738. The van der Waals surface area contributed by atoms with Gasteiger partial charge in [0.2, 0.25) is 5.91 Å². The van der Waals surface area contributed by atoms with Crippen LogP contribution < -0.4 is 10.6 Å². The molecule has 1 amide bonds. The molecule has 86 valence electrons. The van der Waals surface area contributed by atoms with Gasteiger partial charge in [0.05, 0.1) is 6.54 Å². The van der Waals surface area contributed by atoms with E-state index in [-0.39, 0.29) is 18.2 Å². The maximum atomic E-state index is 11.4. The van der Waals surface area contributed by atoms with Crippen LogP contribution in [0.1, 0.15) is 24.2 Å². The summed E-state index contributed by atoms with van der Waals surface area (Å²) in [6.45, 7) is 4.46. The third-order valence-corrected chi connectivity index (χ3v) is 2.09. The minimum Gasteiger partial charge on any atom is -0.325 e. The first-order valence-corrected chi connectivity index (χ1v) is 5.25. The maximum Gasteiger partial charge on any atom is 0.238 e. The standard InChI is InChI=1S/C12H16N2O2/c1-3-13-8-12(16)14-11-6-4-5-10(7-11)9(2)15/h4-7,13H,3,8H2,1-2H3,(H,14,16). The fourth-order valence-electron chi connectivity index (χ4n) is 1.26. The molecule has 0 spiro atoms. The van der Waals surface area contributed by atoms with Crippen LogP contribution >= 0.6 is 0 Å². The number of likely N-dealkylation sites (N-methyl/N-ethyl adjacent to an activating group) is 1. The van der Waals surface area contributed by atoms with E-state index in [9.17, 15) is 9.59 Å². The van der Waals surface area contributed by atoms with Gasteiger partial charge in [0.15, 0.2) is 5.78 Å². The Morgan fingerprint density at radius 2 is 2.06 bits per heavy atom. The summed E-state index contributed by atoms with van der Waals surface area (Å²) in [5.74, 6) is -0.120. The number of Topliss-reactive ketones (excluding diaryl/α,β-unsaturated/α-hetero) is 1. The molecule has 0 saturated carbocycles. The second kappa shape index (κ2) is 6.02. The number of rotatable bonds is 5. The van der Waals surface area contributed by atoms with Gasteiger partial charge in [-0.15, -0.1) is 0 Å². The van der Waals surface area contributed by atoms with Crippen molar-refractivity contribution in [3.05, 3.63) is 29.8 Å². The van der Waals surface area contributed by atoms with Crippen LogP contribution in [0.2, 0.25) is 0 Å². The molecule has 16 heavy (non-hydrogen) atoms. The Kier molecular flexibility index (Phi) is 4.66. The van der Waals surface area contributed by atoms with E-state index in [0.29, 0.717) is 11.3 Å². The summed E-state index contributed by atoms with van der Waals surface area (Å²) in [4.78, 5) is 22.5. The Bertz CT molecular complexity index is 388. The van der Waals surface area contributed by atoms with Crippen LogP contribution in [0, 0.1) is 0 Å². The predicted octanol–water partition coefficient (Wildman–Crippen LogP) is 1.44. The minimum atomic E-state index is -0.109. The molecule has 0 bridgehead atoms. The SMILES string of the molecule is CCNCC(=O)Nc1cccc(C(C)=O)c1. The van der Waals surface area contributed by atoms with Gasteiger partial charge in [-0.1, -0.05) is 19.1 Å². The van der Waals surface area contributed by atoms with Crippen LogP contribution in [0.4, 0.5) is 5.69 Å². The average molecular weight is 220 g/mol. The van der Waals surface area contributed by atoms with Crippen molar-refractivity contribution in [2.45, 2.75) is 13.8 Å². The van der Waals surface area contributed by atoms with Crippen LogP contribution in [0.15, 0.2) is 24.3 Å². The molecular weight excluding hydrogens is 204 g/mol. The molecular formula is C12H16N2O2. The summed E-state index contributed by atoms with van der Waals surface area (Å²) in [5, 5.41) is 5.65. The first kappa shape index (κ1) is 12.4. The molecule has 0 aromatic heterocycles. The van der Waals surface area contributed by atoms with Crippen molar-refractivity contribution in [2.24, 2.45) is 0 Å². The van der Waals surface area contributed by atoms with Gasteiger partial charge < -0.3 is 10.6 Å². The van der Waals surface area contributed by atoms with E-state index < -0.39 is 0 Å². The van der Waals surface area contributed by atoms with Crippen molar-refractivity contribution in [2.75, 3.05) is 18.4 Å². The van der Waals surface area contributed by atoms with Gasteiger partial charge in [-0.2, -0.15) is 0 Å². The van der Waals surface area contributed by atoms with Crippen LogP contribution in [0.3, 0.4) is 0 Å². The fourth-order valence-corrected chi connectivity index (χ4v) is 1.26. The number of hydrogen-bond donors (Lipinski definition) is 2. The fraction of sp³-hybridized carbons (Fsp3) is 0.333. The highest BCUT2D eigenvalue weighted by Crippen LogP contribution is 2.10. The maximum absolute atomic E-state index is 11.4. The Hall–Kier alpha value is -1.68. The van der Waals surface area contributed by atoms with Crippen LogP contribution in [0.5, 0.6) is 0 Å². The number of ketones is 1. The lowest BCUT2D eigenvalue weighted by atomic mass is 10.1. The molecule has 1 aromatic carbocycles. The van der Waals surface area contributed by atoms with E-state index in [1.807, 2.05) is 6.92 Å². The zero-order valence-electron chi connectivity index (χ0n) is 9.54. The van der Waals surface area contributed by atoms with E-state index in [4.69, 9.17) is 0 Å². The first-order valence-electron chi connectivity index (χ1n) is 5.25. The second-order valence-corrected chi connectivity index (χ2v) is 3.47. The molecule has 2 N–H and O–H groups in total. The van der Waals surface area contributed by atoms with Crippen LogP contribution in [0.25, 0.3) is 0 Å². The molecule has 4 heteroatoms. The van der Waals surface area contributed by atoms with Crippen LogP contribution in [-0.4, -0.2) is 24.8 Å².